The molecule has 104 valence electrons. The van der Waals surface area contributed by atoms with Gasteiger partial charge in [0, 0.05) is 12.2 Å². The fraction of sp³-hybridized carbons (Fsp3) is 0.812. The Balaban J connectivity index is 2.66. The standard InChI is InChI=1S/C16H30N2/c1-6-8-9-10-11-16(5,7-2)15-12-17-18(13-15)14(3)4/h12-14H,6-11H2,1-5H3. The molecule has 0 aromatic carbocycles. The van der Waals surface area contributed by atoms with Crippen molar-refractivity contribution in [2.24, 2.45) is 0 Å². The van der Waals surface area contributed by atoms with Crippen LogP contribution in [0.1, 0.15) is 84.7 Å². The van der Waals surface area contributed by atoms with E-state index in [2.05, 4.69) is 56.8 Å². The van der Waals surface area contributed by atoms with Crippen molar-refractivity contribution in [1.29, 1.82) is 0 Å². The number of hydrogen-bond donors (Lipinski definition) is 0. The maximum atomic E-state index is 4.49. The minimum atomic E-state index is 0.306. The van der Waals surface area contributed by atoms with E-state index >= 15 is 0 Å². The van der Waals surface area contributed by atoms with Gasteiger partial charge >= 0.3 is 0 Å². The molecule has 0 bridgehead atoms. The second-order valence-corrected chi connectivity index (χ2v) is 6.03. The van der Waals surface area contributed by atoms with Gasteiger partial charge in [-0.1, -0.05) is 46.5 Å². The minimum Gasteiger partial charge on any atom is -0.270 e. The summed E-state index contributed by atoms with van der Waals surface area (Å²) >= 11 is 0. The molecule has 0 saturated carbocycles. The Morgan fingerprint density at radius 1 is 1.22 bits per heavy atom. The summed E-state index contributed by atoms with van der Waals surface area (Å²) in [4.78, 5) is 0. The van der Waals surface area contributed by atoms with Crippen LogP contribution >= 0.6 is 0 Å². The fourth-order valence-corrected chi connectivity index (χ4v) is 2.40. The molecule has 1 aromatic heterocycles. The van der Waals surface area contributed by atoms with E-state index in [-0.39, 0.29) is 0 Å². The van der Waals surface area contributed by atoms with E-state index in [4.69, 9.17) is 0 Å². The van der Waals surface area contributed by atoms with Crippen LogP contribution in [0.25, 0.3) is 0 Å². The third-order valence-electron chi connectivity index (χ3n) is 4.19. The van der Waals surface area contributed by atoms with Crippen LogP contribution in [0.5, 0.6) is 0 Å². The molecule has 0 fully saturated rings. The van der Waals surface area contributed by atoms with E-state index < -0.39 is 0 Å². The number of aromatic nitrogens is 2. The lowest BCUT2D eigenvalue weighted by molar-refractivity contribution is 0.395. The number of hydrogen-bond acceptors (Lipinski definition) is 1. The molecule has 0 aliphatic rings. The quantitative estimate of drug-likeness (QED) is 0.587. The van der Waals surface area contributed by atoms with Gasteiger partial charge in [-0.2, -0.15) is 5.10 Å². The number of rotatable bonds is 8. The summed E-state index contributed by atoms with van der Waals surface area (Å²) in [5, 5.41) is 4.49. The van der Waals surface area contributed by atoms with Crippen LogP contribution in [-0.4, -0.2) is 9.78 Å². The molecule has 0 saturated heterocycles. The predicted octanol–water partition coefficient (Wildman–Crippen LogP) is 5.10. The molecule has 0 N–H and O–H groups in total. The van der Waals surface area contributed by atoms with Gasteiger partial charge in [-0.3, -0.25) is 4.68 Å². The van der Waals surface area contributed by atoms with Gasteiger partial charge in [0.15, 0.2) is 0 Å². The van der Waals surface area contributed by atoms with Crippen LogP contribution in [0, 0.1) is 0 Å². The van der Waals surface area contributed by atoms with Crippen molar-refractivity contribution in [2.75, 3.05) is 0 Å². The van der Waals surface area contributed by atoms with E-state index in [9.17, 15) is 0 Å². The Labute approximate surface area is 113 Å². The zero-order valence-electron chi connectivity index (χ0n) is 12.9. The summed E-state index contributed by atoms with van der Waals surface area (Å²) in [7, 11) is 0. The third-order valence-corrected chi connectivity index (χ3v) is 4.19. The summed E-state index contributed by atoms with van der Waals surface area (Å²) < 4.78 is 2.08. The first-order valence-corrected chi connectivity index (χ1v) is 7.58. The lowest BCUT2D eigenvalue weighted by Crippen LogP contribution is -2.20. The first-order valence-electron chi connectivity index (χ1n) is 7.58. The van der Waals surface area contributed by atoms with Crippen LogP contribution in [0.3, 0.4) is 0 Å². The second kappa shape index (κ2) is 6.96. The predicted molar refractivity (Wildman–Crippen MR) is 79.0 cm³/mol. The normalized spacial score (nSPS) is 15.0. The molecule has 1 atom stereocenters. The largest absolute Gasteiger partial charge is 0.270 e. The van der Waals surface area contributed by atoms with Crippen LogP contribution < -0.4 is 0 Å². The van der Waals surface area contributed by atoms with Gasteiger partial charge in [0.25, 0.3) is 0 Å². The summed E-state index contributed by atoms with van der Waals surface area (Å²) in [6.07, 6.45) is 12.2. The van der Waals surface area contributed by atoms with E-state index in [0.29, 0.717) is 11.5 Å². The SMILES string of the molecule is CCCCCCC(C)(CC)c1cnn(C(C)C)c1. The smallest absolute Gasteiger partial charge is 0.0527 e. The topological polar surface area (TPSA) is 17.8 Å². The monoisotopic (exact) mass is 250 g/mol. The van der Waals surface area contributed by atoms with Crippen LogP contribution in [0.4, 0.5) is 0 Å². The summed E-state index contributed by atoms with van der Waals surface area (Å²) in [5.41, 5.74) is 1.72. The zero-order chi connectivity index (χ0) is 13.6. The van der Waals surface area contributed by atoms with Crippen molar-refractivity contribution >= 4 is 0 Å². The molecule has 1 unspecified atom stereocenters. The van der Waals surface area contributed by atoms with Gasteiger partial charge in [0.2, 0.25) is 0 Å². The molecule has 1 heterocycles. The lowest BCUT2D eigenvalue weighted by atomic mass is 9.77. The molecule has 1 aromatic rings. The summed E-state index contributed by atoms with van der Waals surface area (Å²) in [6, 6.07) is 0.458. The second-order valence-electron chi connectivity index (χ2n) is 6.03. The summed E-state index contributed by atoms with van der Waals surface area (Å²) in [6.45, 7) is 11.3. The molecule has 18 heavy (non-hydrogen) atoms. The zero-order valence-corrected chi connectivity index (χ0v) is 12.9. The molecular formula is C16H30N2. The van der Waals surface area contributed by atoms with Crippen LogP contribution in [0.2, 0.25) is 0 Å². The minimum absolute atomic E-state index is 0.306. The van der Waals surface area contributed by atoms with Gasteiger partial charge < -0.3 is 0 Å². The van der Waals surface area contributed by atoms with Gasteiger partial charge in [-0.25, -0.2) is 0 Å². The highest BCUT2D eigenvalue weighted by atomic mass is 15.3. The molecule has 0 aliphatic heterocycles. The highest BCUT2D eigenvalue weighted by Crippen LogP contribution is 2.33. The summed E-state index contributed by atoms with van der Waals surface area (Å²) in [5.74, 6) is 0. The molecule has 0 radical (unpaired) electrons. The first kappa shape index (κ1) is 15.3. The third kappa shape index (κ3) is 3.86. The molecular weight excluding hydrogens is 220 g/mol. The van der Waals surface area contributed by atoms with Gasteiger partial charge in [0.05, 0.1) is 6.20 Å². The van der Waals surface area contributed by atoms with Crippen molar-refractivity contribution in [3.8, 4) is 0 Å². The highest BCUT2D eigenvalue weighted by molar-refractivity contribution is 5.18. The van der Waals surface area contributed by atoms with Crippen LogP contribution in [0.15, 0.2) is 12.4 Å². The molecule has 2 heteroatoms. The molecule has 0 amide bonds. The van der Waals surface area contributed by atoms with Crippen molar-refractivity contribution in [3.63, 3.8) is 0 Å². The molecule has 1 rings (SSSR count). The molecule has 2 nitrogen and oxygen atoms in total. The van der Waals surface area contributed by atoms with Crippen molar-refractivity contribution in [1.82, 2.24) is 9.78 Å². The Bertz CT molecular complexity index is 341. The average Bonchev–Trinajstić information content (AvgIpc) is 2.84. The van der Waals surface area contributed by atoms with Gasteiger partial charge in [-0.05, 0) is 37.7 Å². The highest BCUT2D eigenvalue weighted by Gasteiger charge is 2.25. The maximum Gasteiger partial charge on any atom is 0.0527 e. The average molecular weight is 250 g/mol. The first-order chi connectivity index (χ1) is 8.53. The van der Waals surface area contributed by atoms with Crippen molar-refractivity contribution < 1.29 is 0 Å². The van der Waals surface area contributed by atoms with Gasteiger partial charge in [0.1, 0.15) is 0 Å². The van der Waals surface area contributed by atoms with Gasteiger partial charge in [-0.15, -0.1) is 0 Å². The van der Waals surface area contributed by atoms with E-state index in [0.717, 1.165) is 0 Å². The number of unbranched alkanes of at least 4 members (excludes halogenated alkanes) is 3. The van der Waals surface area contributed by atoms with E-state index in [1.807, 2.05) is 0 Å². The Kier molecular flexibility index (Phi) is 5.90. The fourth-order valence-electron chi connectivity index (χ4n) is 2.40. The van der Waals surface area contributed by atoms with Crippen LogP contribution in [-0.2, 0) is 5.41 Å². The van der Waals surface area contributed by atoms with Crippen molar-refractivity contribution in [2.45, 2.75) is 84.6 Å². The van der Waals surface area contributed by atoms with E-state index in [1.165, 1.54) is 44.1 Å². The Morgan fingerprint density at radius 3 is 2.44 bits per heavy atom. The number of nitrogens with zero attached hydrogens (tertiary/aromatic N) is 2. The lowest BCUT2D eigenvalue weighted by Gasteiger charge is -2.27. The van der Waals surface area contributed by atoms with Crippen molar-refractivity contribution in [3.05, 3.63) is 18.0 Å². The van der Waals surface area contributed by atoms with E-state index in [1.54, 1.807) is 0 Å². The molecule has 0 aliphatic carbocycles. The molecule has 0 spiro atoms. The Morgan fingerprint density at radius 2 is 1.94 bits per heavy atom. The Hall–Kier alpha value is -0.790. The maximum absolute atomic E-state index is 4.49.